The predicted molar refractivity (Wildman–Crippen MR) is 131 cm³/mol. The van der Waals surface area contributed by atoms with Crippen molar-refractivity contribution in [2.75, 3.05) is 11.9 Å². The Bertz CT molecular complexity index is 1230. The van der Waals surface area contributed by atoms with Gasteiger partial charge in [-0.15, -0.1) is 5.10 Å². The molecule has 5 rings (SSSR count). The summed E-state index contributed by atoms with van der Waals surface area (Å²) in [5, 5.41) is 21.1. The lowest BCUT2D eigenvalue weighted by Crippen LogP contribution is -2.29. The van der Waals surface area contributed by atoms with Crippen LogP contribution in [0.15, 0.2) is 24.4 Å². The van der Waals surface area contributed by atoms with Crippen LogP contribution in [0.3, 0.4) is 0 Å². The molecule has 2 fully saturated rings. The quantitative estimate of drug-likeness (QED) is 0.432. The molecule has 0 radical (unpaired) electrons. The lowest BCUT2D eigenvalue weighted by Gasteiger charge is -2.27. The first-order valence-electron chi connectivity index (χ1n) is 12.4. The van der Waals surface area contributed by atoms with E-state index >= 15 is 0 Å². The average Bonchev–Trinajstić information content (AvgIpc) is 3.64. The molecule has 2 N–H and O–H groups in total. The molecular weight excluding hydrogens is 462 g/mol. The number of carboxylic acid groups (broad SMARTS) is 1. The summed E-state index contributed by atoms with van der Waals surface area (Å²) in [5.74, 6) is 1.24. The van der Waals surface area contributed by atoms with Gasteiger partial charge in [0.25, 0.3) is 0 Å². The van der Waals surface area contributed by atoms with E-state index in [2.05, 4.69) is 25.6 Å². The van der Waals surface area contributed by atoms with Gasteiger partial charge in [0.1, 0.15) is 11.4 Å². The third-order valence-corrected chi connectivity index (χ3v) is 6.70. The molecule has 3 heterocycles. The maximum atomic E-state index is 11.4. The van der Waals surface area contributed by atoms with Gasteiger partial charge in [-0.25, -0.2) is 14.6 Å². The first-order chi connectivity index (χ1) is 17.5. The van der Waals surface area contributed by atoms with Crippen LogP contribution in [0.4, 0.5) is 5.95 Å². The zero-order valence-electron chi connectivity index (χ0n) is 20.6. The van der Waals surface area contributed by atoms with E-state index in [9.17, 15) is 9.90 Å². The van der Waals surface area contributed by atoms with Crippen molar-refractivity contribution in [1.29, 1.82) is 0 Å². The van der Waals surface area contributed by atoms with Gasteiger partial charge in [-0.1, -0.05) is 5.21 Å². The van der Waals surface area contributed by atoms with Gasteiger partial charge in [0, 0.05) is 19.3 Å². The number of hydrogen-bond acceptors (Lipinski definition) is 9. The second kappa shape index (κ2) is 10.5. The topological polar surface area (TPSA) is 137 Å². The molecule has 2 atom stereocenters. The number of rotatable bonds is 10. The molecule has 36 heavy (non-hydrogen) atoms. The number of anilines is 1. The predicted octanol–water partition coefficient (Wildman–Crippen LogP) is 3.40. The fraction of sp³-hybridized carbons (Fsp3) is 0.520. The van der Waals surface area contributed by atoms with E-state index in [1.807, 2.05) is 26.1 Å². The first kappa shape index (κ1) is 24.0. The Morgan fingerprint density at radius 2 is 2.06 bits per heavy atom. The number of nitrogens with zero attached hydrogens (tertiary/aromatic N) is 6. The number of ether oxygens (including phenoxy) is 2. The Kier molecular flexibility index (Phi) is 6.97. The van der Waals surface area contributed by atoms with Crippen LogP contribution in [0.25, 0.3) is 11.4 Å². The number of carboxylic acids is 1. The molecular formula is C25H31N7O4. The van der Waals surface area contributed by atoms with Crippen molar-refractivity contribution in [3.8, 4) is 23.0 Å². The van der Waals surface area contributed by atoms with E-state index in [1.54, 1.807) is 16.9 Å². The van der Waals surface area contributed by atoms with E-state index in [-0.39, 0.29) is 12.0 Å². The van der Waals surface area contributed by atoms with Crippen LogP contribution in [0.1, 0.15) is 49.9 Å². The molecule has 0 unspecified atom stereocenters. The highest BCUT2D eigenvalue weighted by Crippen LogP contribution is 2.31. The fourth-order valence-electron chi connectivity index (χ4n) is 4.39. The number of aromatic nitrogens is 6. The van der Waals surface area contributed by atoms with E-state index in [4.69, 9.17) is 14.5 Å². The Hall–Kier alpha value is -3.76. The van der Waals surface area contributed by atoms with Crippen molar-refractivity contribution in [3.63, 3.8) is 0 Å². The first-order valence-corrected chi connectivity index (χ1v) is 12.4. The maximum absolute atomic E-state index is 11.4. The van der Waals surface area contributed by atoms with E-state index in [1.165, 1.54) is 12.8 Å². The minimum atomic E-state index is -0.750. The minimum Gasteiger partial charge on any atom is -0.489 e. The molecule has 2 aliphatic carbocycles. The summed E-state index contributed by atoms with van der Waals surface area (Å²) in [6.45, 7) is 2.98. The van der Waals surface area contributed by atoms with Crippen molar-refractivity contribution in [2.24, 2.45) is 18.9 Å². The van der Waals surface area contributed by atoms with E-state index in [0.29, 0.717) is 60.9 Å². The van der Waals surface area contributed by atoms with Gasteiger partial charge >= 0.3 is 5.97 Å². The number of nitrogens with one attached hydrogen (secondary N) is 1. The number of carbonyl (C=O) groups is 1. The molecule has 2 saturated carbocycles. The van der Waals surface area contributed by atoms with Gasteiger partial charge in [-0.2, -0.15) is 4.98 Å². The number of aliphatic carboxylic acids is 1. The van der Waals surface area contributed by atoms with Crippen molar-refractivity contribution < 1.29 is 19.4 Å². The van der Waals surface area contributed by atoms with Crippen LogP contribution >= 0.6 is 0 Å². The monoisotopic (exact) mass is 493 g/mol. The number of pyridine rings is 1. The van der Waals surface area contributed by atoms with Crippen LogP contribution in [0.2, 0.25) is 0 Å². The van der Waals surface area contributed by atoms with Crippen LogP contribution < -0.4 is 14.8 Å². The lowest BCUT2D eigenvalue weighted by atomic mass is 9.87. The van der Waals surface area contributed by atoms with Gasteiger partial charge in [-0.05, 0) is 63.5 Å². The van der Waals surface area contributed by atoms with Crippen molar-refractivity contribution in [2.45, 2.75) is 58.1 Å². The van der Waals surface area contributed by atoms with Crippen molar-refractivity contribution in [3.05, 3.63) is 35.8 Å². The zero-order valence-corrected chi connectivity index (χ0v) is 20.6. The fourth-order valence-corrected chi connectivity index (χ4v) is 4.39. The van der Waals surface area contributed by atoms with Crippen LogP contribution in [-0.2, 0) is 18.4 Å². The van der Waals surface area contributed by atoms with Gasteiger partial charge in [0.15, 0.2) is 0 Å². The molecule has 0 bridgehead atoms. The third-order valence-electron chi connectivity index (χ3n) is 6.70. The summed E-state index contributed by atoms with van der Waals surface area (Å²) in [6, 6.07) is 5.49. The smallest absolute Gasteiger partial charge is 0.306 e. The average molecular weight is 494 g/mol. The highest BCUT2D eigenvalue weighted by Gasteiger charge is 2.28. The van der Waals surface area contributed by atoms with E-state index in [0.717, 1.165) is 24.2 Å². The number of hydrogen-bond donors (Lipinski definition) is 2. The molecule has 11 heteroatoms. The summed E-state index contributed by atoms with van der Waals surface area (Å²) in [7, 11) is 1.83. The highest BCUT2D eigenvalue weighted by atomic mass is 16.5. The van der Waals surface area contributed by atoms with Gasteiger partial charge in [0.2, 0.25) is 11.8 Å². The van der Waals surface area contributed by atoms with Crippen LogP contribution in [0.5, 0.6) is 11.6 Å². The van der Waals surface area contributed by atoms with Crippen LogP contribution in [-0.4, -0.2) is 53.7 Å². The summed E-state index contributed by atoms with van der Waals surface area (Å²) < 4.78 is 13.6. The molecule has 0 spiro atoms. The standard InChI is InChI=1S/C25H31N7O4/c1-15-21(36-18-5-3-4-17(12-18)24(33)34)9-8-19(28-15)23-20(32(2)31-30-23)13-27-25-26-11-10-22(29-25)35-14-16-6-7-16/h8-11,16-18H,3-7,12-14H2,1-2H3,(H,33,34)(H,26,27,29)/t17-,18-/m0/s1. The van der Waals surface area contributed by atoms with Crippen molar-refractivity contribution >= 4 is 11.9 Å². The normalized spacial score (nSPS) is 19.6. The summed E-state index contributed by atoms with van der Waals surface area (Å²) >= 11 is 0. The molecule has 0 aromatic carbocycles. The zero-order chi connectivity index (χ0) is 25.1. The molecule has 11 nitrogen and oxygen atoms in total. The maximum Gasteiger partial charge on any atom is 0.306 e. The molecule has 0 aliphatic heterocycles. The van der Waals surface area contributed by atoms with Gasteiger partial charge in [-0.3, -0.25) is 4.79 Å². The second-order valence-electron chi connectivity index (χ2n) is 9.56. The Morgan fingerprint density at radius 3 is 2.83 bits per heavy atom. The van der Waals surface area contributed by atoms with Crippen LogP contribution in [0, 0.1) is 18.8 Å². The third kappa shape index (κ3) is 5.72. The van der Waals surface area contributed by atoms with Gasteiger partial charge < -0.3 is 19.9 Å². The molecule has 190 valence electrons. The highest BCUT2D eigenvalue weighted by molar-refractivity contribution is 5.70. The number of aryl methyl sites for hydroxylation is 2. The summed E-state index contributed by atoms with van der Waals surface area (Å²) in [6.07, 6.45) is 6.92. The minimum absolute atomic E-state index is 0.119. The summed E-state index contributed by atoms with van der Waals surface area (Å²) in [4.78, 5) is 24.8. The molecule has 3 aromatic heterocycles. The summed E-state index contributed by atoms with van der Waals surface area (Å²) in [5.41, 5.74) is 2.89. The Labute approximate surface area is 209 Å². The lowest BCUT2D eigenvalue weighted by molar-refractivity contribution is -0.143. The van der Waals surface area contributed by atoms with Crippen molar-refractivity contribution in [1.82, 2.24) is 29.9 Å². The van der Waals surface area contributed by atoms with E-state index < -0.39 is 5.97 Å². The second-order valence-corrected chi connectivity index (χ2v) is 9.56. The largest absolute Gasteiger partial charge is 0.489 e. The molecule has 2 aliphatic rings. The van der Waals surface area contributed by atoms with Gasteiger partial charge in [0.05, 0.1) is 42.3 Å². The SMILES string of the molecule is Cc1nc(-c2nnn(C)c2CNc2nccc(OCC3CC3)n2)ccc1O[C@H]1CCC[C@H](C(=O)O)C1. The molecule has 3 aromatic rings. The molecule has 0 saturated heterocycles. The Balaban J connectivity index is 1.25. The molecule has 0 amide bonds. The Morgan fingerprint density at radius 1 is 1.19 bits per heavy atom.